The van der Waals surface area contributed by atoms with Crippen LogP contribution in [0.3, 0.4) is 0 Å². The van der Waals surface area contributed by atoms with Gasteiger partial charge in [-0.1, -0.05) is 12.1 Å². The van der Waals surface area contributed by atoms with E-state index in [1.807, 2.05) is 0 Å². The van der Waals surface area contributed by atoms with Gasteiger partial charge in [0.1, 0.15) is 12.7 Å². The van der Waals surface area contributed by atoms with Crippen LogP contribution in [0.4, 0.5) is 5.69 Å². The van der Waals surface area contributed by atoms with E-state index < -0.39 is 65.6 Å². The van der Waals surface area contributed by atoms with Gasteiger partial charge in [-0.25, -0.2) is 0 Å². The first-order chi connectivity index (χ1) is 15.8. The Labute approximate surface area is 194 Å². The highest BCUT2D eigenvalue weighted by Crippen LogP contribution is 2.37. The smallest absolute Gasteiger partial charge is 0.303 e. The topological polar surface area (TPSA) is 178 Å². The van der Waals surface area contributed by atoms with Crippen molar-refractivity contribution in [2.24, 2.45) is 0 Å². The lowest BCUT2D eigenvalue weighted by Crippen LogP contribution is -2.68. The SMILES string of the molecule is CC(=O)OC[C@H]1O[C@](O)(Cc2ccc([N+](=O)[O-])cc2)[C@H](OC(C)=O)[C@@H](OC(C)=O)[C@H]1OC(C)=O. The monoisotopic (exact) mass is 483 g/mol. The highest BCUT2D eigenvalue weighted by molar-refractivity contribution is 5.68. The van der Waals surface area contributed by atoms with Crippen molar-refractivity contribution in [1.82, 2.24) is 0 Å². The van der Waals surface area contributed by atoms with E-state index in [1.54, 1.807) is 0 Å². The second kappa shape index (κ2) is 11.0. The average Bonchev–Trinajstić information content (AvgIpc) is 2.71. The maximum absolute atomic E-state index is 11.8. The summed E-state index contributed by atoms with van der Waals surface area (Å²) in [6.45, 7) is 3.80. The van der Waals surface area contributed by atoms with Crippen LogP contribution in [0.5, 0.6) is 0 Å². The molecule has 2 rings (SSSR count). The zero-order chi connectivity index (χ0) is 25.6. The number of nitro benzene ring substituents is 1. The number of rotatable bonds is 8. The van der Waals surface area contributed by atoms with Crippen molar-refractivity contribution in [1.29, 1.82) is 0 Å². The fraction of sp³-hybridized carbons (Fsp3) is 0.524. The molecule has 186 valence electrons. The summed E-state index contributed by atoms with van der Waals surface area (Å²) in [6, 6.07) is 5.10. The summed E-state index contributed by atoms with van der Waals surface area (Å²) < 4.78 is 26.5. The Morgan fingerprint density at radius 1 is 0.941 bits per heavy atom. The number of benzene rings is 1. The van der Waals surface area contributed by atoms with Crippen LogP contribution in [0.15, 0.2) is 24.3 Å². The number of nitro groups is 1. The Balaban J connectivity index is 2.53. The fourth-order valence-electron chi connectivity index (χ4n) is 3.53. The summed E-state index contributed by atoms with van der Waals surface area (Å²) in [5, 5.41) is 22.4. The fourth-order valence-corrected chi connectivity index (χ4v) is 3.53. The Morgan fingerprint density at radius 2 is 1.47 bits per heavy atom. The number of hydrogen-bond donors (Lipinski definition) is 1. The van der Waals surface area contributed by atoms with Gasteiger partial charge in [-0.3, -0.25) is 29.3 Å². The van der Waals surface area contributed by atoms with Crippen LogP contribution in [0, 0.1) is 10.1 Å². The van der Waals surface area contributed by atoms with Gasteiger partial charge in [0, 0.05) is 46.2 Å². The number of carbonyl (C=O) groups is 4. The average molecular weight is 483 g/mol. The minimum Gasteiger partial charge on any atom is -0.463 e. The molecule has 1 saturated heterocycles. The maximum Gasteiger partial charge on any atom is 0.303 e. The van der Waals surface area contributed by atoms with Gasteiger partial charge in [0.15, 0.2) is 18.3 Å². The zero-order valence-corrected chi connectivity index (χ0v) is 18.9. The van der Waals surface area contributed by atoms with E-state index in [9.17, 15) is 34.4 Å². The molecule has 1 fully saturated rings. The van der Waals surface area contributed by atoms with Gasteiger partial charge < -0.3 is 28.8 Å². The second-order valence-corrected chi connectivity index (χ2v) is 7.58. The molecule has 1 aromatic rings. The molecule has 0 radical (unpaired) electrons. The summed E-state index contributed by atoms with van der Waals surface area (Å²) in [5.74, 6) is -5.59. The van der Waals surface area contributed by atoms with E-state index in [-0.39, 0.29) is 12.1 Å². The van der Waals surface area contributed by atoms with Crippen LogP contribution >= 0.6 is 0 Å². The number of esters is 4. The van der Waals surface area contributed by atoms with Gasteiger partial charge in [-0.2, -0.15) is 0 Å². The lowest BCUT2D eigenvalue weighted by Gasteiger charge is -2.48. The number of carbonyl (C=O) groups excluding carboxylic acids is 4. The van der Waals surface area contributed by atoms with E-state index >= 15 is 0 Å². The highest BCUT2D eigenvalue weighted by Gasteiger charge is 2.59. The summed E-state index contributed by atoms with van der Waals surface area (Å²) in [5.41, 5.74) is 0.140. The first kappa shape index (κ1) is 26.7. The van der Waals surface area contributed by atoms with Crippen molar-refractivity contribution in [3.8, 4) is 0 Å². The zero-order valence-electron chi connectivity index (χ0n) is 18.9. The normalized spacial score (nSPS) is 26.1. The Kier molecular flexibility index (Phi) is 8.65. The van der Waals surface area contributed by atoms with Crippen molar-refractivity contribution < 1.29 is 52.9 Å². The first-order valence-corrected chi connectivity index (χ1v) is 10.1. The van der Waals surface area contributed by atoms with Crippen LogP contribution < -0.4 is 0 Å². The minimum absolute atomic E-state index is 0.197. The molecule has 1 aliphatic rings. The molecule has 0 aromatic heterocycles. The van der Waals surface area contributed by atoms with E-state index in [0.29, 0.717) is 5.56 Å². The van der Waals surface area contributed by atoms with E-state index in [1.165, 1.54) is 24.3 Å². The number of hydrogen-bond acceptors (Lipinski definition) is 12. The minimum atomic E-state index is -2.37. The summed E-state index contributed by atoms with van der Waals surface area (Å²) in [7, 11) is 0. The summed E-state index contributed by atoms with van der Waals surface area (Å²) in [6.07, 6.45) is -6.34. The van der Waals surface area contributed by atoms with E-state index in [2.05, 4.69) is 0 Å². The van der Waals surface area contributed by atoms with Gasteiger partial charge in [0.2, 0.25) is 5.79 Å². The lowest BCUT2D eigenvalue weighted by molar-refractivity contribution is -0.384. The van der Waals surface area contributed by atoms with Crippen LogP contribution in [-0.4, -0.2) is 70.7 Å². The predicted molar refractivity (Wildman–Crippen MR) is 110 cm³/mol. The molecule has 13 heteroatoms. The van der Waals surface area contributed by atoms with Crippen molar-refractivity contribution in [2.45, 2.75) is 64.3 Å². The van der Waals surface area contributed by atoms with Gasteiger partial charge in [0.25, 0.3) is 5.69 Å². The second-order valence-electron chi connectivity index (χ2n) is 7.58. The molecular weight excluding hydrogens is 458 g/mol. The van der Waals surface area contributed by atoms with Crippen LogP contribution in [0.1, 0.15) is 33.3 Å². The van der Waals surface area contributed by atoms with Gasteiger partial charge in [0.05, 0.1) is 4.92 Å². The molecule has 34 heavy (non-hydrogen) atoms. The number of ether oxygens (including phenoxy) is 5. The molecule has 5 atom stereocenters. The van der Waals surface area contributed by atoms with Gasteiger partial charge in [-0.05, 0) is 5.56 Å². The van der Waals surface area contributed by atoms with E-state index in [0.717, 1.165) is 27.7 Å². The molecule has 1 N–H and O–H groups in total. The molecule has 1 heterocycles. The van der Waals surface area contributed by atoms with Crippen molar-refractivity contribution in [3.63, 3.8) is 0 Å². The standard InChI is InChI=1S/C21H25NO12/c1-11(23)30-10-17-18(31-12(2)24)19(32-13(3)25)20(33-14(4)26)21(27,34-17)9-15-5-7-16(8-6-15)22(28)29/h5-8,17-20,27H,9-10H2,1-4H3/t17-,18+,19+,20-,21-/m1/s1. The molecule has 0 amide bonds. The first-order valence-electron chi connectivity index (χ1n) is 10.1. The number of non-ortho nitro benzene ring substituents is 1. The molecule has 1 aromatic carbocycles. The third-order valence-electron chi connectivity index (χ3n) is 4.74. The Morgan fingerprint density at radius 3 is 1.94 bits per heavy atom. The molecule has 1 aliphatic heterocycles. The maximum atomic E-state index is 11.8. The molecule has 13 nitrogen and oxygen atoms in total. The van der Waals surface area contributed by atoms with Gasteiger partial charge in [-0.15, -0.1) is 0 Å². The van der Waals surface area contributed by atoms with Crippen LogP contribution in [0.25, 0.3) is 0 Å². The molecule has 0 spiro atoms. The molecular formula is C21H25NO12. The molecule has 0 bridgehead atoms. The Bertz CT molecular complexity index is 946. The van der Waals surface area contributed by atoms with Crippen molar-refractivity contribution >= 4 is 29.6 Å². The molecule has 0 unspecified atom stereocenters. The summed E-state index contributed by atoms with van der Waals surface area (Å²) in [4.78, 5) is 57.1. The quantitative estimate of drug-likeness (QED) is 0.236. The molecule has 0 aliphatic carbocycles. The number of nitrogens with zero attached hydrogens (tertiary/aromatic N) is 1. The van der Waals surface area contributed by atoms with Crippen LogP contribution in [0.2, 0.25) is 0 Å². The Hall–Kier alpha value is -3.58. The van der Waals surface area contributed by atoms with Crippen molar-refractivity contribution in [3.05, 3.63) is 39.9 Å². The van der Waals surface area contributed by atoms with Crippen LogP contribution in [-0.2, 0) is 49.3 Å². The largest absolute Gasteiger partial charge is 0.463 e. The van der Waals surface area contributed by atoms with Gasteiger partial charge >= 0.3 is 23.9 Å². The third-order valence-corrected chi connectivity index (χ3v) is 4.74. The molecule has 0 saturated carbocycles. The highest BCUT2D eigenvalue weighted by atomic mass is 16.7. The summed E-state index contributed by atoms with van der Waals surface area (Å²) >= 11 is 0. The third kappa shape index (κ3) is 6.96. The predicted octanol–water partition coefficient (Wildman–Crippen LogP) is 0.583. The van der Waals surface area contributed by atoms with Crippen molar-refractivity contribution in [2.75, 3.05) is 6.61 Å². The van der Waals surface area contributed by atoms with E-state index in [4.69, 9.17) is 23.7 Å². The number of aliphatic hydroxyl groups is 1. The lowest BCUT2D eigenvalue weighted by atomic mass is 9.88.